The van der Waals surface area contributed by atoms with Crippen LogP contribution in [0.2, 0.25) is 0 Å². The summed E-state index contributed by atoms with van der Waals surface area (Å²) in [7, 11) is 0. The molecule has 0 spiro atoms. The third kappa shape index (κ3) is 4.10. The molecule has 0 saturated carbocycles. The van der Waals surface area contributed by atoms with Crippen LogP contribution in [-0.2, 0) is 0 Å². The Kier molecular flexibility index (Phi) is 5.40. The zero-order valence-corrected chi connectivity index (χ0v) is 12.1. The fourth-order valence-electron chi connectivity index (χ4n) is 1.94. The van der Waals surface area contributed by atoms with Gasteiger partial charge in [-0.3, -0.25) is 0 Å². The van der Waals surface area contributed by atoms with E-state index in [1.165, 1.54) is 0 Å². The Morgan fingerprint density at radius 3 is 2.67 bits per heavy atom. The number of aliphatic hydroxyl groups excluding tert-OH is 1. The van der Waals surface area contributed by atoms with Crippen molar-refractivity contribution in [3.05, 3.63) is 48.0 Å². The van der Waals surface area contributed by atoms with E-state index in [2.05, 4.69) is 10.3 Å². The van der Waals surface area contributed by atoms with Gasteiger partial charge in [0.25, 0.3) is 0 Å². The van der Waals surface area contributed by atoms with E-state index < -0.39 is 0 Å². The van der Waals surface area contributed by atoms with Crippen LogP contribution in [0.4, 0.5) is 11.5 Å². The highest BCUT2D eigenvalue weighted by Crippen LogP contribution is 2.24. The molecule has 1 atom stereocenters. The second-order valence-corrected chi connectivity index (χ2v) is 4.73. The number of nitrogen functional groups attached to an aromatic ring is 1. The Balaban J connectivity index is 2.14. The minimum Gasteiger partial charge on any atom is -0.476 e. The molecule has 0 aliphatic carbocycles. The number of nitrogens with one attached hydrogen (secondary N) is 1. The molecule has 0 bridgehead atoms. The predicted molar refractivity (Wildman–Crippen MR) is 84.3 cm³/mol. The van der Waals surface area contributed by atoms with Crippen molar-refractivity contribution in [1.82, 2.24) is 4.98 Å². The maximum atomic E-state index is 9.56. The quantitative estimate of drug-likeness (QED) is 0.729. The zero-order chi connectivity index (χ0) is 15.1. The molecule has 0 fully saturated rings. The molecule has 1 unspecified atom stereocenters. The van der Waals surface area contributed by atoms with Crippen LogP contribution in [0.25, 0.3) is 0 Å². The highest BCUT2D eigenvalue weighted by atomic mass is 16.5. The zero-order valence-electron chi connectivity index (χ0n) is 12.1. The van der Waals surface area contributed by atoms with Crippen molar-refractivity contribution in [3.63, 3.8) is 0 Å². The van der Waals surface area contributed by atoms with Gasteiger partial charge in [0.15, 0.2) is 0 Å². The van der Waals surface area contributed by atoms with Crippen molar-refractivity contribution in [2.24, 2.45) is 0 Å². The van der Waals surface area contributed by atoms with Gasteiger partial charge in [-0.2, -0.15) is 4.98 Å². The van der Waals surface area contributed by atoms with E-state index in [-0.39, 0.29) is 12.6 Å². The van der Waals surface area contributed by atoms with Gasteiger partial charge in [-0.25, -0.2) is 0 Å². The third-order valence-electron chi connectivity index (χ3n) is 3.04. The molecule has 0 aliphatic rings. The second kappa shape index (κ2) is 7.50. The normalized spacial score (nSPS) is 11.9. The summed E-state index contributed by atoms with van der Waals surface area (Å²) in [5.74, 6) is 1.05. The van der Waals surface area contributed by atoms with Gasteiger partial charge in [0.05, 0.1) is 24.9 Å². The molecule has 21 heavy (non-hydrogen) atoms. The molecular formula is C16H21N3O2. The maximum absolute atomic E-state index is 9.56. The first-order chi connectivity index (χ1) is 10.2. The van der Waals surface area contributed by atoms with E-state index in [0.717, 1.165) is 12.0 Å². The van der Waals surface area contributed by atoms with Crippen molar-refractivity contribution >= 4 is 11.5 Å². The van der Waals surface area contributed by atoms with Gasteiger partial charge in [0, 0.05) is 0 Å². The molecule has 0 radical (unpaired) electrons. The van der Waals surface area contributed by atoms with Gasteiger partial charge in [0.1, 0.15) is 5.82 Å². The van der Waals surface area contributed by atoms with E-state index in [0.29, 0.717) is 24.0 Å². The van der Waals surface area contributed by atoms with Gasteiger partial charge >= 0.3 is 0 Å². The van der Waals surface area contributed by atoms with Crippen molar-refractivity contribution in [1.29, 1.82) is 0 Å². The van der Waals surface area contributed by atoms with E-state index in [4.69, 9.17) is 10.5 Å². The molecule has 0 amide bonds. The summed E-state index contributed by atoms with van der Waals surface area (Å²) in [6.07, 6.45) is 0.891. The number of aromatic nitrogens is 1. The summed E-state index contributed by atoms with van der Waals surface area (Å²) in [4.78, 5) is 4.35. The van der Waals surface area contributed by atoms with Crippen molar-refractivity contribution in [2.75, 3.05) is 24.3 Å². The lowest BCUT2D eigenvalue weighted by Crippen LogP contribution is -2.16. The topological polar surface area (TPSA) is 80.4 Å². The minimum atomic E-state index is -0.221. The van der Waals surface area contributed by atoms with Crippen LogP contribution in [0.5, 0.6) is 5.88 Å². The van der Waals surface area contributed by atoms with E-state index in [9.17, 15) is 5.11 Å². The largest absolute Gasteiger partial charge is 0.476 e. The van der Waals surface area contributed by atoms with E-state index >= 15 is 0 Å². The number of hydrogen-bond acceptors (Lipinski definition) is 5. The molecule has 5 heteroatoms. The molecule has 5 nitrogen and oxygen atoms in total. The van der Waals surface area contributed by atoms with Gasteiger partial charge in [-0.05, 0) is 24.1 Å². The smallest absolute Gasteiger partial charge is 0.239 e. The van der Waals surface area contributed by atoms with Crippen molar-refractivity contribution in [3.8, 4) is 5.88 Å². The molecule has 2 aromatic rings. The molecule has 0 saturated heterocycles. The molecule has 2 rings (SSSR count). The van der Waals surface area contributed by atoms with Crippen LogP contribution in [-0.4, -0.2) is 23.3 Å². The van der Waals surface area contributed by atoms with Crippen LogP contribution >= 0.6 is 0 Å². The number of nitrogens with zero attached hydrogens (tertiary/aromatic N) is 1. The lowest BCUT2D eigenvalue weighted by atomic mass is 10.1. The molecule has 4 N–H and O–H groups in total. The Labute approximate surface area is 124 Å². The first-order valence-electron chi connectivity index (χ1n) is 7.06. The Morgan fingerprint density at radius 1 is 1.24 bits per heavy atom. The summed E-state index contributed by atoms with van der Waals surface area (Å²) < 4.78 is 5.51. The lowest BCUT2D eigenvalue weighted by Gasteiger charge is -2.18. The van der Waals surface area contributed by atoms with Crippen LogP contribution in [0, 0.1) is 0 Å². The summed E-state index contributed by atoms with van der Waals surface area (Å²) >= 11 is 0. The Bertz CT molecular complexity index is 561. The Hall–Kier alpha value is -2.27. The molecule has 1 aromatic heterocycles. The molecule has 1 heterocycles. The maximum Gasteiger partial charge on any atom is 0.239 e. The predicted octanol–water partition coefficient (Wildman–Crippen LogP) is 2.60. The van der Waals surface area contributed by atoms with Crippen molar-refractivity contribution < 1.29 is 9.84 Å². The first kappa shape index (κ1) is 15.1. The van der Waals surface area contributed by atoms with Crippen molar-refractivity contribution in [2.45, 2.75) is 19.4 Å². The summed E-state index contributed by atoms with van der Waals surface area (Å²) in [5.41, 5.74) is 7.34. The van der Waals surface area contributed by atoms with Crippen LogP contribution < -0.4 is 15.8 Å². The molecular weight excluding hydrogens is 266 g/mol. The fourth-order valence-corrected chi connectivity index (χ4v) is 1.94. The minimum absolute atomic E-state index is 0.0266. The standard InChI is InChI=1S/C16H21N3O2/c1-2-10-21-16-13(17)8-9-15(19-16)18-14(11-20)12-6-4-3-5-7-12/h3-9,14,20H,2,10-11,17H2,1H3,(H,18,19). The summed E-state index contributed by atoms with van der Waals surface area (Å²) in [6, 6.07) is 13.0. The van der Waals surface area contributed by atoms with Crippen LogP contribution in [0.1, 0.15) is 24.9 Å². The monoisotopic (exact) mass is 287 g/mol. The number of anilines is 2. The number of rotatable bonds is 7. The van der Waals surface area contributed by atoms with Crippen LogP contribution in [0.15, 0.2) is 42.5 Å². The van der Waals surface area contributed by atoms with E-state index in [1.54, 1.807) is 12.1 Å². The van der Waals surface area contributed by atoms with Gasteiger partial charge in [0.2, 0.25) is 5.88 Å². The number of benzene rings is 1. The third-order valence-corrected chi connectivity index (χ3v) is 3.04. The summed E-state index contributed by atoms with van der Waals surface area (Å²) in [6.45, 7) is 2.57. The lowest BCUT2D eigenvalue weighted by molar-refractivity contribution is 0.275. The summed E-state index contributed by atoms with van der Waals surface area (Å²) in [5, 5.41) is 12.8. The highest BCUT2D eigenvalue weighted by molar-refractivity contribution is 5.54. The number of hydrogen-bond donors (Lipinski definition) is 3. The SMILES string of the molecule is CCCOc1nc(NC(CO)c2ccccc2)ccc1N. The second-order valence-electron chi connectivity index (χ2n) is 4.73. The first-order valence-corrected chi connectivity index (χ1v) is 7.06. The molecule has 0 aliphatic heterocycles. The van der Waals surface area contributed by atoms with Gasteiger partial charge in [-0.1, -0.05) is 37.3 Å². The fraction of sp³-hybridized carbons (Fsp3) is 0.312. The average Bonchev–Trinajstić information content (AvgIpc) is 2.53. The Morgan fingerprint density at radius 2 is 2.00 bits per heavy atom. The number of pyridine rings is 1. The van der Waals surface area contributed by atoms with Crippen LogP contribution in [0.3, 0.4) is 0 Å². The van der Waals surface area contributed by atoms with Gasteiger partial charge < -0.3 is 20.9 Å². The van der Waals surface area contributed by atoms with E-state index in [1.807, 2.05) is 37.3 Å². The number of aliphatic hydroxyl groups is 1. The number of nitrogens with two attached hydrogens (primary N) is 1. The van der Waals surface area contributed by atoms with Gasteiger partial charge in [-0.15, -0.1) is 0 Å². The number of ether oxygens (including phenoxy) is 1. The molecule has 112 valence electrons. The molecule has 1 aromatic carbocycles. The average molecular weight is 287 g/mol. The highest BCUT2D eigenvalue weighted by Gasteiger charge is 2.12.